The molecule has 114 valence electrons. The van der Waals surface area contributed by atoms with Gasteiger partial charge >= 0.3 is 6.09 Å². The Kier molecular flexibility index (Phi) is 4.37. The quantitative estimate of drug-likeness (QED) is 0.791. The molecule has 1 heterocycles. The van der Waals surface area contributed by atoms with E-state index < -0.39 is 29.7 Å². The van der Waals surface area contributed by atoms with Gasteiger partial charge in [0.2, 0.25) is 0 Å². The lowest BCUT2D eigenvalue weighted by molar-refractivity contribution is -0.165. The third-order valence-electron chi connectivity index (χ3n) is 4.08. The molecule has 0 radical (unpaired) electrons. The summed E-state index contributed by atoms with van der Waals surface area (Å²) in [7, 11) is 0. The number of amides is 2. The van der Waals surface area contributed by atoms with E-state index in [-0.39, 0.29) is 0 Å². The zero-order valence-electron chi connectivity index (χ0n) is 12.6. The Morgan fingerprint density at radius 1 is 1.30 bits per heavy atom. The molecule has 1 aliphatic carbocycles. The summed E-state index contributed by atoms with van der Waals surface area (Å²) >= 11 is 0. The lowest BCUT2D eigenvalue weighted by atomic mass is 9.81. The summed E-state index contributed by atoms with van der Waals surface area (Å²) < 4.78 is 5.23. The van der Waals surface area contributed by atoms with Gasteiger partial charge in [0.05, 0.1) is 6.04 Å². The molecule has 1 aliphatic heterocycles. The zero-order valence-corrected chi connectivity index (χ0v) is 12.6. The van der Waals surface area contributed by atoms with Gasteiger partial charge in [-0.25, -0.2) is 9.69 Å². The average molecular weight is 283 g/mol. The van der Waals surface area contributed by atoms with Crippen LogP contribution in [0.1, 0.15) is 59.3 Å². The van der Waals surface area contributed by atoms with E-state index in [2.05, 4.69) is 0 Å². The molecule has 1 saturated heterocycles. The number of aliphatic hydroxyl groups excluding tert-OH is 1. The highest BCUT2D eigenvalue weighted by molar-refractivity contribution is 6.00. The number of ether oxygens (including phenoxy) is 1. The molecular formula is C15H25NO4. The fourth-order valence-corrected chi connectivity index (χ4v) is 3.06. The largest absolute Gasteiger partial charge is 0.443 e. The predicted octanol–water partition coefficient (Wildman–Crippen LogP) is 2.46. The molecule has 0 aromatic rings. The molecule has 1 N–H and O–H groups in total. The fourth-order valence-electron chi connectivity index (χ4n) is 3.06. The minimum atomic E-state index is -1.04. The molecule has 1 saturated carbocycles. The minimum Gasteiger partial charge on any atom is -0.443 e. The van der Waals surface area contributed by atoms with E-state index in [1.165, 1.54) is 19.3 Å². The highest BCUT2D eigenvalue weighted by atomic mass is 16.6. The fraction of sp³-hybridized carbons (Fsp3) is 0.867. The van der Waals surface area contributed by atoms with Crippen LogP contribution >= 0.6 is 0 Å². The Morgan fingerprint density at radius 3 is 2.45 bits per heavy atom. The van der Waals surface area contributed by atoms with E-state index >= 15 is 0 Å². The summed E-state index contributed by atoms with van der Waals surface area (Å²) in [5.74, 6) is -0.0264. The third kappa shape index (κ3) is 3.32. The molecule has 2 atom stereocenters. The van der Waals surface area contributed by atoms with Gasteiger partial charge in [0.15, 0.2) is 6.10 Å². The van der Waals surface area contributed by atoms with Crippen molar-refractivity contribution in [1.82, 2.24) is 4.90 Å². The lowest BCUT2D eigenvalue weighted by Crippen LogP contribution is -2.67. The van der Waals surface area contributed by atoms with E-state index in [0.717, 1.165) is 17.7 Å². The third-order valence-corrected chi connectivity index (χ3v) is 4.08. The van der Waals surface area contributed by atoms with E-state index in [1.54, 1.807) is 20.8 Å². The van der Waals surface area contributed by atoms with Gasteiger partial charge in [-0.3, -0.25) is 4.79 Å². The smallest absolute Gasteiger partial charge is 0.417 e. The van der Waals surface area contributed by atoms with Crippen LogP contribution in [0.15, 0.2) is 0 Å². The summed E-state index contributed by atoms with van der Waals surface area (Å²) in [5.41, 5.74) is -0.632. The number of imide groups is 1. The van der Waals surface area contributed by atoms with Crippen molar-refractivity contribution >= 4 is 12.0 Å². The number of nitrogens with zero attached hydrogens (tertiary/aromatic N) is 1. The van der Waals surface area contributed by atoms with Crippen LogP contribution in [0.5, 0.6) is 0 Å². The Balaban J connectivity index is 1.96. The molecule has 2 aliphatic rings. The summed E-state index contributed by atoms with van der Waals surface area (Å²) in [6.45, 7) is 5.30. The van der Waals surface area contributed by atoms with E-state index in [1.807, 2.05) is 0 Å². The number of carbonyl (C=O) groups is 2. The molecule has 0 aromatic carbocycles. The van der Waals surface area contributed by atoms with Crippen molar-refractivity contribution in [2.45, 2.75) is 77.0 Å². The number of rotatable bonds is 2. The summed E-state index contributed by atoms with van der Waals surface area (Å²) in [4.78, 5) is 24.8. The Morgan fingerprint density at radius 2 is 1.90 bits per heavy atom. The molecule has 2 rings (SSSR count). The first-order chi connectivity index (χ1) is 9.29. The summed E-state index contributed by atoms with van der Waals surface area (Å²) in [6, 6.07) is -0.402. The van der Waals surface area contributed by atoms with Gasteiger partial charge < -0.3 is 9.84 Å². The molecule has 0 unspecified atom stereocenters. The van der Waals surface area contributed by atoms with Gasteiger partial charge in [-0.1, -0.05) is 32.1 Å². The second-order valence-electron chi connectivity index (χ2n) is 6.94. The first-order valence-corrected chi connectivity index (χ1v) is 7.54. The second kappa shape index (κ2) is 5.72. The van der Waals surface area contributed by atoms with Crippen molar-refractivity contribution in [3.63, 3.8) is 0 Å². The van der Waals surface area contributed by atoms with Crippen molar-refractivity contribution in [2.24, 2.45) is 5.92 Å². The van der Waals surface area contributed by atoms with Crippen molar-refractivity contribution in [3.05, 3.63) is 0 Å². The maximum Gasteiger partial charge on any atom is 0.417 e. The first-order valence-electron chi connectivity index (χ1n) is 7.54. The van der Waals surface area contributed by atoms with Gasteiger partial charge in [-0.2, -0.15) is 0 Å². The van der Waals surface area contributed by atoms with Crippen LogP contribution in [0.25, 0.3) is 0 Å². The highest BCUT2D eigenvalue weighted by Gasteiger charge is 2.51. The Labute approximate surface area is 120 Å². The molecule has 5 nitrogen and oxygen atoms in total. The van der Waals surface area contributed by atoms with Crippen LogP contribution in [0.2, 0.25) is 0 Å². The zero-order chi connectivity index (χ0) is 14.9. The number of likely N-dealkylation sites (tertiary alicyclic amines) is 1. The molecule has 5 heteroatoms. The van der Waals surface area contributed by atoms with Crippen molar-refractivity contribution < 1.29 is 19.4 Å². The molecule has 0 aromatic heterocycles. The Hall–Kier alpha value is -1.10. The maximum absolute atomic E-state index is 12.0. The number of hydrogen-bond acceptors (Lipinski definition) is 4. The predicted molar refractivity (Wildman–Crippen MR) is 74.1 cm³/mol. The van der Waals surface area contributed by atoms with Crippen LogP contribution in [0.4, 0.5) is 4.79 Å². The van der Waals surface area contributed by atoms with Crippen LogP contribution < -0.4 is 0 Å². The highest BCUT2D eigenvalue weighted by Crippen LogP contribution is 2.34. The second-order valence-corrected chi connectivity index (χ2v) is 6.94. The first kappa shape index (κ1) is 15.3. The van der Waals surface area contributed by atoms with Gasteiger partial charge in [0.1, 0.15) is 5.60 Å². The standard InChI is InChI=1S/C15H25NO4/c1-15(2,3)20-14(19)16-11(12(17)13(16)18)9-10-7-5-4-6-8-10/h10-12,17H,4-9H2,1-3H3/t11-,12+/m0/s1. The maximum atomic E-state index is 12.0. The average Bonchev–Trinajstić information content (AvgIpc) is 2.36. The van der Waals surface area contributed by atoms with E-state index in [4.69, 9.17) is 4.74 Å². The van der Waals surface area contributed by atoms with Gasteiger partial charge in [-0.15, -0.1) is 0 Å². The normalized spacial score (nSPS) is 28.2. The van der Waals surface area contributed by atoms with E-state index in [9.17, 15) is 14.7 Å². The lowest BCUT2D eigenvalue weighted by Gasteiger charge is -2.44. The SMILES string of the molecule is CC(C)(C)OC(=O)N1C(=O)[C@H](O)[C@@H]1CC1CCCCC1. The van der Waals surface area contributed by atoms with Crippen molar-refractivity contribution in [2.75, 3.05) is 0 Å². The number of carbonyl (C=O) groups excluding carboxylic acids is 2. The van der Waals surface area contributed by atoms with Gasteiger partial charge in [-0.05, 0) is 33.1 Å². The van der Waals surface area contributed by atoms with Gasteiger partial charge in [0, 0.05) is 0 Å². The molecule has 2 fully saturated rings. The minimum absolute atomic E-state index is 0.402. The number of hydrogen-bond donors (Lipinski definition) is 1. The van der Waals surface area contributed by atoms with Gasteiger partial charge in [0.25, 0.3) is 5.91 Å². The van der Waals surface area contributed by atoms with E-state index in [0.29, 0.717) is 12.3 Å². The Bertz CT molecular complexity index is 382. The molecule has 2 amide bonds. The van der Waals surface area contributed by atoms with Crippen LogP contribution in [-0.2, 0) is 9.53 Å². The van der Waals surface area contributed by atoms with Crippen molar-refractivity contribution in [1.29, 1.82) is 0 Å². The topological polar surface area (TPSA) is 66.8 Å². The monoisotopic (exact) mass is 283 g/mol. The van der Waals surface area contributed by atoms with Crippen LogP contribution in [-0.4, -0.2) is 39.8 Å². The van der Waals surface area contributed by atoms with Crippen molar-refractivity contribution in [3.8, 4) is 0 Å². The van der Waals surface area contributed by atoms with Crippen LogP contribution in [0.3, 0.4) is 0 Å². The summed E-state index contributed by atoms with van der Waals surface area (Å²) in [6.07, 6.45) is 4.95. The summed E-state index contributed by atoms with van der Waals surface area (Å²) in [5, 5.41) is 9.83. The molecule has 0 bridgehead atoms. The molecule has 20 heavy (non-hydrogen) atoms. The number of aliphatic hydroxyl groups is 1. The number of β-lactam (4-membered cyclic amide) rings is 1. The molecule has 0 spiro atoms. The molecular weight excluding hydrogens is 258 g/mol. The van der Waals surface area contributed by atoms with Crippen LogP contribution in [0, 0.1) is 5.92 Å².